The fraction of sp³-hybridized carbons (Fsp3) is 0.727. The van der Waals surface area contributed by atoms with Crippen LogP contribution in [0.1, 0.15) is 32.6 Å². The third kappa shape index (κ3) is 2.35. The van der Waals surface area contributed by atoms with Crippen LogP contribution in [0.3, 0.4) is 0 Å². The number of hydrogen-bond donors (Lipinski definition) is 1. The Balaban J connectivity index is 2.44. The van der Waals surface area contributed by atoms with Crippen LogP contribution in [0.25, 0.3) is 0 Å². The number of ether oxygens (including phenoxy) is 1. The lowest BCUT2D eigenvalue weighted by atomic mass is 9.94. The number of aliphatic hydroxyl groups is 1. The third-order valence-corrected chi connectivity index (χ3v) is 2.71. The highest BCUT2D eigenvalue weighted by atomic mass is 16.6. The molecule has 0 unspecified atom stereocenters. The first-order valence-electron chi connectivity index (χ1n) is 5.21. The fourth-order valence-electron chi connectivity index (χ4n) is 1.75. The molecule has 0 aromatic heterocycles. The van der Waals surface area contributed by atoms with Gasteiger partial charge in [-0.15, -0.1) is 0 Å². The Labute approximate surface area is 84.8 Å². The van der Waals surface area contributed by atoms with Gasteiger partial charge in [0.15, 0.2) is 0 Å². The van der Waals surface area contributed by atoms with Gasteiger partial charge in [0.2, 0.25) is 0 Å². The molecule has 2 atom stereocenters. The first-order valence-corrected chi connectivity index (χ1v) is 5.21. The summed E-state index contributed by atoms with van der Waals surface area (Å²) in [7, 11) is 0. The van der Waals surface area contributed by atoms with Crippen molar-refractivity contribution in [3.8, 4) is 0 Å². The standard InChI is InChI=1S/C11H18O3/c1-3-4-5-6-10-9(7-12)8(2)11(13)14-10/h9-10,12H,2-7H2,1H3/t9-,10+/m0/s1. The predicted octanol–water partition coefficient (Wildman–Crippen LogP) is 1.66. The summed E-state index contributed by atoms with van der Waals surface area (Å²) in [5, 5.41) is 9.09. The van der Waals surface area contributed by atoms with Crippen molar-refractivity contribution >= 4 is 5.97 Å². The molecule has 0 spiro atoms. The van der Waals surface area contributed by atoms with Crippen LogP contribution in [-0.2, 0) is 9.53 Å². The summed E-state index contributed by atoms with van der Waals surface area (Å²) < 4.78 is 5.13. The van der Waals surface area contributed by atoms with Crippen molar-refractivity contribution in [2.24, 2.45) is 5.92 Å². The maximum atomic E-state index is 11.2. The summed E-state index contributed by atoms with van der Waals surface area (Å²) in [6.07, 6.45) is 4.01. The van der Waals surface area contributed by atoms with E-state index in [1.54, 1.807) is 0 Å². The highest BCUT2D eigenvalue weighted by Crippen LogP contribution is 2.29. The Morgan fingerprint density at radius 1 is 1.50 bits per heavy atom. The Morgan fingerprint density at radius 2 is 2.21 bits per heavy atom. The summed E-state index contributed by atoms with van der Waals surface area (Å²) in [5.74, 6) is -0.523. The molecule has 0 bridgehead atoms. The summed E-state index contributed by atoms with van der Waals surface area (Å²) in [5.41, 5.74) is 0.425. The van der Waals surface area contributed by atoms with Gasteiger partial charge in [-0.1, -0.05) is 26.3 Å². The summed E-state index contributed by atoms with van der Waals surface area (Å²) in [6.45, 7) is 5.72. The Bertz CT molecular complexity index is 223. The molecule has 0 saturated carbocycles. The molecular weight excluding hydrogens is 180 g/mol. The van der Waals surface area contributed by atoms with E-state index in [4.69, 9.17) is 9.84 Å². The monoisotopic (exact) mass is 198 g/mol. The smallest absolute Gasteiger partial charge is 0.334 e. The van der Waals surface area contributed by atoms with Gasteiger partial charge in [0.1, 0.15) is 6.10 Å². The van der Waals surface area contributed by atoms with Gasteiger partial charge in [-0.05, 0) is 12.8 Å². The van der Waals surface area contributed by atoms with E-state index in [1.165, 1.54) is 0 Å². The zero-order chi connectivity index (χ0) is 10.6. The van der Waals surface area contributed by atoms with Gasteiger partial charge in [0.25, 0.3) is 0 Å². The lowest BCUT2D eigenvalue weighted by Gasteiger charge is -2.14. The molecule has 1 N–H and O–H groups in total. The van der Waals surface area contributed by atoms with Crippen molar-refractivity contribution < 1.29 is 14.6 Å². The molecular formula is C11H18O3. The van der Waals surface area contributed by atoms with E-state index < -0.39 is 0 Å². The zero-order valence-electron chi connectivity index (χ0n) is 8.66. The van der Waals surface area contributed by atoms with Crippen LogP contribution in [0.15, 0.2) is 12.2 Å². The van der Waals surface area contributed by atoms with E-state index >= 15 is 0 Å². The minimum absolute atomic E-state index is 0.0403. The molecule has 0 aromatic carbocycles. The average molecular weight is 198 g/mol. The van der Waals surface area contributed by atoms with Crippen molar-refractivity contribution in [3.63, 3.8) is 0 Å². The lowest BCUT2D eigenvalue weighted by Crippen LogP contribution is -2.19. The number of aliphatic hydroxyl groups excluding tert-OH is 1. The first kappa shape index (κ1) is 11.2. The maximum Gasteiger partial charge on any atom is 0.334 e. The fourth-order valence-corrected chi connectivity index (χ4v) is 1.75. The molecule has 0 radical (unpaired) electrons. The number of rotatable bonds is 5. The van der Waals surface area contributed by atoms with Gasteiger partial charge in [0.05, 0.1) is 12.5 Å². The van der Waals surface area contributed by atoms with E-state index in [9.17, 15) is 4.79 Å². The lowest BCUT2D eigenvalue weighted by molar-refractivity contribution is -0.139. The summed E-state index contributed by atoms with van der Waals surface area (Å²) in [6, 6.07) is 0. The molecule has 1 fully saturated rings. The highest BCUT2D eigenvalue weighted by molar-refractivity contribution is 5.90. The van der Waals surface area contributed by atoms with Gasteiger partial charge in [-0.25, -0.2) is 4.79 Å². The number of carbonyl (C=O) groups is 1. The van der Waals surface area contributed by atoms with Crippen LogP contribution in [0.2, 0.25) is 0 Å². The summed E-state index contributed by atoms with van der Waals surface area (Å²) >= 11 is 0. The molecule has 80 valence electrons. The van der Waals surface area contributed by atoms with Crippen molar-refractivity contribution in [3.05, 3.63) is 12.2 Å². The highest BCUT2D eigenvalue weighted by Gasteiger charge is 2.37. The zero-order valence-corrected chi connectivity index (χ0v) is 8.66. The molecule has 1 heterocycles. The van der Waals surface area contributed by atoms with Gasteiger partial charge in [0, 0.05) is 5.57 Å². The van der Waals surface area contributed by atoms with Crippen LogP contribution >= 0.6 is 0 Å². The molecule has 0 aliphatic carbocycles. The predicted molar refractivity (Wildman–Crippen MR) is 53.7 cm³/mol. The van der Waals surface area contributed by atoms with Crippen LogP contribution in [0.4, 0.5) is 0 Å². The normalized spacial score (nSPS) is 26.7. The third-order valence-electron chi connectivity index (χ3n) is 2.71. The number of unbranched alkanes of at least 4 members (excludes halogenated alkanes) is 2. The molecule has 3 heteroatoms. The van der Waals surface area contributed by atoms with E-state index in [0.717, 1.165) is 25.7 Å². The Morgan fingerprint density at radius 3 is 2.79 bits per heavy atom. The molecule has 1 saturated heterocycles. The topological polar surface area (TPSA) is 46.5 Å². The molecule has 1 aliphatic heterocycles. The van der Waals surface area contributed by atoms with E-state index in [2.05, 4.69) is 13.5 Å². The molecule has 1 aliphatic rings. The van der Waals surface area contributed by atoms with Gasteiger partial charge in [-0.3, -0.25) is 0 Å². The second-order valence-corrected chi connectivity index (χ2v) is 3.75. The summed E-state index contributed by atoms with van der Waals surface area (Å²) in [4.78, 5) is 11.2. The van der Waals surface area contributed by atoms with E-state index in [0.29, 0.717) is 5.57 Å². The Kier molecular flexibility index (Phi) is 4.14. The quantitative estimate of drug-likeness (QED) is 0.415. The van der Waals surface area contributed by atoms with Gasteiger partial charge in [-0.2, -0.15) is 0 Å². The van der Waals surface area contributed by atoms with Crippen LogP contribution in [0.5, 0.6) is 0 Å². The van der Waals surface area contributed by atoms with Crippen LogP contribution < -0.4 is 0 Å². The minimum atomic E-state index is -0.342. The number of carbonyl (C=O) groups excluding carboxylic acids is 1. The molecule has 14 heavy (non-hydrogen) atoms. The van der Waals surface area contributed by atoms with Crippen LogP contribution in [-0.4, -0.2) is 23.8 Å². The van der Waals surface area contributed by atoms with Crippen molar-refractivity contribution in [1.29, 1.82) is 0 Å². The van der Waals surface area contributed by atoms with Crippen LogP contribution in [0, 0.1) is 5.92 Å². The Hall–Kier alpha value is -0.830. The number of esters is 1. The van der Waals surface area contributed by atoms with Gasteiger partial charge >= 0.3 is 5.97 Å². The van der Waals surface area contributed by atoms with Gasteiger partial charge < -0.3 is 9.84 Å². The number of cyclic esters (lactones) is 1. The minimum Gasteiger partial charge on any atom is -0.458 e. The SMILES string of the molecule is C=C1C(=O)O[C@H](CCCCC)[C@H]1CO. The number of hydrogen-bond acceptors (Lipinski definition) is 3. The first-order chi connectivity index (χ1) is 6.70. The van der Waals surface area contributed by atoms with E-state index in [1.807, 2.05) is 0 Å². The van der Waals surface area contributed by atoms with E-state index in [-0.39, 0.29) is 24.6 Å². The van der Waals surface area contributed by atoms with Crippen molar-refractivity contribution in [2.75, 3.05) is 6.61 Å². The molecule has 0 aromatic rings. The van der Waals surface area contributed by atoms with Crippen molar-refractivity contribution in [2.45, 2.75) is 38.7 Å². The largest absolute Gasteiger partial charge is 0.458 e. The molecule has 1 rings (SSSR count). The molecule has 3 nitrogen and oxygen atoms in total. The average Bonchev–Trinajstić information content (AvgIpc) is 2.43. The van der Waals surface area contributed by atoms with Crippen molar-refractivity contribution in [1.82, 2.24) is 0 Å². The second kappa shape index (κ2) is 5.15. The second-order valence-electron chi connectivity index (χ2n) is 3.75. The molecule has 0 amide bonds. The maximum absolute atomic E-state index is 11.2.